The number of anilines is 1. The van der Waals surface area contributed by atoms with E-state index in [0.717, 1.165) is 31.0 Å². The topological polar surface area (TPSA) is 65.5 Å². The highest BCUT2D eigenvalue weighted by Gasteiger charge is 2.24. The highest BCUT2D eigenvalue weighted by Crippen LogP contribution is 2.31. The van der Waals surface area contributed by atoms with E-state index in [-0.39, 0.29) is 35.8 Å². The average molecular weight is 478 g/mol. The van der Waals surface area contributed by atoms with Crippen LogP contribution in [-0.4, -0.2) is 32.0 Å². The minimum atomic E-state index is 0. The Morgan fingerprint density at radius 3 is 2.63 bits per heavy atom. The van der Waals surface area contributed by atoms with Crippen molar-refractivity contribution in [2.75, 3.05) is 25.5 Å². The van der Waals surface area contributed by atoms with Gasteiger partial charge in [0.1, 0.15) is 0 Å². The zero-order valence-electron chi connectivity index (χ0n) is 15.6. The number of para-hydroxylation sites is 1. The summed E-state index contributed by atoms with van der Waals surface area (Å²) >= 11 is 0. The van der Waals surface area contributed by atoms with E-state index < -0.39 is 0 Å². The van der Waals surface area contributed by atoms with E-state index >= 15 is 0 Å². The van der Waals surface area contributed by atoms with Crippen LogP contribution in [0.15, 0.2) is 59.6 Å². The van der Waals surface area contributed by atoms with Crippen molar-refractivity contribution in [3.63, 3.8) is 0 Å². The van der Waals surface area contributed by atoms with Gasteiger partial charge in [-0.15, -0.1) is 24.0 Å². The van der Waals surface area contributed by atoms with Gasteiger partial charge in [-0.3, -0.25) is 9.79 Å². The smallest absolute Gasteiger partial charge is 0.225 e. The Bertz CT molecular complexity index is 764. The van der Waals surface area contributed by atoms with Crippen LogP contribution in [0.3, 0.4) is 0 Å². The Labute approximate surface area is 178 Å². The number of aliphatic imine (C=N–C) groups is 1. The average Bonchev–Trinajstić information content (AvgIpc) is 2.68. The van der Waals surface area contributed by atoms with Gasteiger partial charge < -0.3 is 16.0 Å². The standard InChI is InChI=1S/C21H26N4O.HI/c1-22-21(23-13-7-10-16-8-3-2-4-9-16)24-15-17-14-20(26)25-19-12-6-5-11-18(17)19;/h2-6,8-9,11-12,17H,7,10,13-15H2,1H3,(H,25,26)(H2,22,23,24);1H. The number of benzene rings is 2. The number of aryl methyl sites for hydroxylation is 1. The lowest BCUT2D eigenvalue weighted by Crippen LogP contribution is -2.41. The summed E-state index contributed by atoms with van der Waals surface area (Å²) in [4.78, 5) is 16.2. The van der Waals surface area contributed by atoms with Crippen LogP contribution >= 0.6 is 24.0 Å². The lowest BCUT2D eigenvalue weighted by Gasteiger charge is -2.26. The highest BCUT2D eigenvalue weighted by molar-refractivity contribution is 14.0. The molecule has 1 unspecified atom stereocenters. The van der Waals surface area contributed by atoms with E-state index in [0.29, 0.717) is 13.0 Å². The predicted molar refractivity (Wildman–Crippen MR) is 122 cm³/mol. The minimum absolute atomic E-state index is 0. The van der Waals surface area contributed by atoms with Crippen LogP contribution in [0.2, 0.25) is 0 Å². The van der Waals surface area contributed by atoms with Gasteiger partial charge in [-0.25, -0.2) is 0 Å². The van der Waals surface area contributed by atoms with E-state index in [4.69, 9.17) is 0 Å². The van der Waals surface area contributed by atoms with Gasteiger partial charge in [-0.2, -0.15) is 0 Å². The molecular weight excluding hydrogens is 451 g/mol. The van der Waals surface area contributed by atoms with Crippen molar-refractivity contribution >= 4 is 41.5 Å². The molecule has 1 heterocycles. The first-order valence-corrected chi connectivity index (χ1v) is 9.13. The summed E-state index contributed by atoms with van der Waals surface area (Å²) in [5.41, 5.74) is 3.45. The summed E-state index contributed by atoms with van der Waals surface area (Å²) in [5.74, 6) is 1.01. The number of nitrogens with zero attached hydrogens (tertiary/aromatic N) is 1. The number of halogens is 1. The number of fused-ring (bicyclic) bond motifs is 1. The maximum absolute atomic E-state index is 11.9. The molecule has 2 aromatic rings. The molecule has 3 rings (SSSR count). The monoisotopic (exact) mass is 478 g/mol. The quantitative estimate of drug-likeness (QED) is 0.258. The fraction of sp³-hybridized carbons (Fsp3) is 0.333. The number of carbonyl (C=O) groups excluding carboxylic acids is 1. The molecule has 5 nitrogen and oxygen atoms in total. The first kappa shape index (κ1) is 21.2. The van der Waals surface area contributed by atoms with Crippen LogP contribution in [0.25, 0.3) is 0 Å². The number of hydrogen-bond acceptors (Lipinski definition) is 2. The number of guanidine groups is 1. The fourth-order valence-corrected chi connectivity index (χ4v) is 3.27. The second kappa shape index (κ2) is 10.9. The predicted octanol–water partition coefficient (Wildman–Crippen LogP) is 3.53. The molecule has 0 radical (unpaired) electrons. The highest BCUT2D eigenvalue weighted by atomic mass is 127. The SMILES string of the molecule is CN=C(NCCCc1ccccc1)NCC1CC(=O)Nc2ccccc21.I. The van der Waals surface area contributed by atoms with E-state index in [2.05, 4.69) is 51.3 Å². The second-order valence-corrected chi connectivity index (χ2v) is 6.51. The summed E-state index contributed by atoms with van der Waals surface area (Å²) in [6.45, 7) is 1.54. The molecule has 6 heteroatoms. The maximum Gasteiger partial charge on any atom is 0.225 e. The van der Waals surface area contributed by atoms with E-state index in [1.807, 2.05) is 24.3 Å². The third-order valence-electron chi connectivity index (χ3n) is 4.62. The largest absolute Gasteiger partial charge is 0.356 e. The first-order chi connectivity index (χ1) is 12.8. The molecule has 27 heavy (non-hydrogen) atoms. The Morgan fingerprint density at radius 1 is 1.11 bits per heavy atom. The Morgan fingerprint density at radius 2 is 1.85 bits per heavy atom. The number of carbonyl (C=O) groups is 1. The third kappa shape index (κ3) is 6.23. The van der Waals surface area contributed by atoms with Crippen LogP contribution in [0.4, 0.5) is 5.69 Å². The van der Waals surface area contributed by atoms with Crippen LogP contribution in [0.1, 0.15) is 29.9 Å². The van der Waals surface area contributed by atoms with Crippen molar-refractivity contribution in [3.05, 3.63) is 65.7 Å². The van der Waals surface area contributed by atoms with Crippen molar-refractivity contribution in [2.24, 2.45) is 4.99 Å². The van der Waals surface area contributed by atoms with Gasteiger partial charge in [-0.05, 0) is 30.0 Å². The Hall–Kier alpha value is -2.09. The van der Waals surface area contributed by atoms with Gasteiger partial charge in [0.2, 0.25) is 5.91 Å². The molecular formula is C21H27IN4O. The molecule has 0 fully saturated rings. The molecule has 1 amide bonds. The van der Waals surface area contributed by atoms with Gasteiger partial charge >= 0.3 is 0 Å². The number of amides is 1. The third-order valence-corrected chi connectivity index (χ3v) is 4.62. The molecule has 3 N–H and O–H groups in total. The van der Waals surface area contributed by atoms with Crippen molar-refractivity contribution in [1.29, 1.82) is 0 Å². The zero-order valence-corrected chi connectivity index (χ0v) is 17.9. The van der Waals surface area contributed by atoms with E-state index in [1.54, 1.807) is 7.05 Å². The number of hydrogen-bond donors (Lipinski definition) is 3. The molecule has 0 bridgehead atoms. The molecule has 0 spiro atoms. The molecule has 144 valence electrons. The summed E-state index contributed by atoms with van der Waals surface area (Å²) in [5, 5.41) is 9.65. The molecule has 0 saturated carbocycles. The molecule has 1 aliphatic heterocycles. The summed E-state index contributed by atoms with van der Waals surface area (Å²) < 4.78 is 0. The Balaban J connectivity index is 0.00000261. The maximum atomic E-state index is 11.9. The Kier molecular flexibility index (Phi) is 8.57. The molecule has 1 aliphatic rings. The lowest BCUT2D eigenvalue weighted by molar-refractivity contribution is -0.116. The van der Waals surface area contributed by atoms with Crippen molar-refractivity contribution in [3.8, 4) is 0 Å². The minimum Gasteiger partial charge on any atom is -0.356 e. The van der Waals surface area contributed by atoms with Crippen LogP contribution < -0.4 is 16.0 Å². The van der Waals surface area contributed by atoms with E-state index in [1.165, 1.54) is 11.1 Å². The first-order valence-electron chi connectivity index (χ1n) is 9.13. The van der Waals surface area contributed by atoms with Gasteiger partial charge in [0, 0.05) is 38.2 Å². The van der Waals surface area contributed by atoms with Crippen molar-refractivity contribution < 1.29 is 4.79 Å². The van der Waals surface area contributed by atoms with Crippen LogP contribution in [0, 0.1) is 0 Å². The second-order valence-electron chi connectivity index (χ2n) is 6.51. The molecule has 2 aromatic carbocycles. The van der Waals surface area contributed by atoms with Crippen molar-refractivity contribution in [2.45, 2.75) is 25.2 Å². The lowest BCUT2D eigenvalue weighted by atomic mass is 9.90. The number of nitrogens with one attached hydrogen (secondary N) is 3. The fourth-order valence-electron chi connectivity index (χ4n) is 3.27. The molecule has 0 aliphatic carbocycles. The van der Waals surface area contributed by atoms with E-state index in [9.17, 15) is 4.79 Å². The molecule has 0 saturated heterocycles. The van der Waals surface area contributed by atoms with Gasteiger partial charge in [0.15, 0.2) is 5.96 Å². The summed E-state index contributed by atoms with van der Waals surface area (Å²) in [6, 6.07) is 18.5. The van der Waals surface area contributed by atoms with Gasteiger partial charge in [-0.1, -0.05) is 48.5 Å². The summed E-state index contributed by atoms with van der Waals surface area (Å²) in [6.07, 6.45) is 2.58. The summed E-state index contributed by atoms with van der Waals surface area (Å²) in [7, 11) is 1.77. The molecule has 1 atom stereocenters. The van der Waals surface area contributed by atoms with Crippen LogP contribution in [0.5, 0.6) is 0 Å². The van der Waals surface area contributed by atoms with Gasteiger partial charge in [0.05, 0.1) is 0 Å². The molecule has 0 aromatic heterocycles. The zero-order chi connectivity index (χ0) is 18.2. The van der Waals surface area contributed by atoms with Crippen molar-refractivity contribution in [1.82, 2.24) is 10.6 Å². The van der Waals surface area contributed by atoms with Gasteiger partial charge in [0.25, 0.3) is 0 Å². The number of rotatable bonds is 6. The normalized spacial score (nSPS) is 16.0. The van der Waals surface area contributed by atoms with Crippen LogP contribution in [-0.2, 0) is 11.2 Å².